The molecule has 0 aliphatic carbocycles. The summed E-state index contributed by atoms with van der Waals surface area (Å²) in [7, 11) is 0. The van der Waals surface area contributed by atoms with Crippen LogP contribution in [0.2, 0.25) is 0 Å². The molecule has 1 atom stereocenters. The zero-order valence-electron chi connectivity index (χ0n) is 10.6. The average Bonchev–Trinajstić information content (AvgIpc) is 2.51. The monoisotopic (exact) mass is 310 g/mol. The first-order valence-electron chi connectivity index (χ1n) is 5.85. The SMILES string of the molecule is CC(C)C1(C)CC(=O)N(c2cc(Br)ccn2)C1=O. The first-order chi connectivity index (χ1) is 8.36. The van der Waals surface area contributed by atoms with Crippen molar-refractivity contribution in [3.8, 4) is 0 Å². The molecule has 1 aromatic rings. The van der Waals surface area contributed by atoms with Crippen LogP contribution in [-0.2, 0) is 9.59 Å². The summed E-state index contributed by atoms with van der Waals surface area (Å²) in [5.41, 5.74) is -0.624. The van der Waals surface area contributed by atoms with Crippen LogP contribution >= 0.6 is 15.9 Å². The van der Waals surface area contributed by atoms with Crippen LogP contribution in [0.4, 0.5) is 5.82 Å². The minimum absolute atomic E-state index is 0.117. The van der Waals surface area contributed by atoms with Crippen molar-refractivity contribution in [2.75, 3.05) is 4.90 Å². The molecule has 0 spiro atoms. The maximum atomic E-state index is 12.4. The van der Waals surface area contributed by atoms with Gasteiger partial charge in [-0.05, 0) is 25.0 Å². The van der Waals surface area contributed by atoms with E-state index in [2.05, 4.69) is 20.9 Å². The van der Waals surface area contributed by atoms with Crippen molar-refractivity contribution >= 4 is 33.6 Å². The third kappa shape index (κ3) is 1.96. The van der Waals surface area contributed by atoms with Gasteiger partial charge in [-0.3, -0.25) is 9.59 Å². The Labute approximate surface area is 115 Å². The number of pyridine rings is 1. The standard InChI is InChI=1S/C13H15BrN2O2/c1-8(2)13(3)7-11(17)16(12(13)18)10-6-9(14)4-5-15-10/h4-6,8H,7H2,1-3H3. The number of carbonyl (C=O) groups excluding carboxylic acids is 2. The molecule has 2 rings (SSSR count). The Balaban J connectivity index is 2.42. The minimum Gasteiger partial charge on any atom is -0.274 e. The summed E-state index contributed by atoms with van der Waals surface area (Å²) in [6.07, 6.45) is 1.82. The van der Waals surface area contributed by atoms with Gasteiger partial charge in [-0.15, -0.1) is 0 Å². The molecule has 4 nitrogen and oxygen atoms in total. The van der Waals surface area contributed by atoms with Crippen LogP contribution in [0.15, 0.2) is 22.8 Å². The maximum Gasteiger partial charge on any atom is 0.241 e. The zero-order chi connectivity index (χ0) is 13.5. The predicted molar refractivity (Wildman–Crippen MR) is 72.0 cm³/mol. The number of carbonyl (C=O) groups is 2. The number of halogens is 1. The molecule has 1 aromatic heterocycles. The number of hydrogen-bond acceptors (Lipinski definition) is 3. The van der Waals surface area contributed by atoms with E-state index in [1.807, 2.05) is 20.8 Å². The van der Waals surface area contributed by atoms with Crippen molar-refractivity contribution in [1.82, 2.24) is 4.98 Å². The van der Waals surface area contributed by atoms with Gasteiger partial charge < -0.3 is 0 Å². The first kappa shape index (κ1) is 13.2. The third-order valence-corrected chi connectivity index (χ3v) is 4.16. The summed E-state index contributed by atoms with van der Waals surface area (Å²) >= 11 is 3.32. The molecule has 18 heavy (non-hydrogen) atoms. The average molecular weight is 311 g/mol. The van der Waals surface area contributed by atoms with E-state index in [1.54, 1.807) is 18.3 Å². The Morgan fingerprint density at radius 3 is 2.61 bits per heavy atom. The van der Waals surface area contributed by atoms with E-state index in [9.17, 15) is 9.59 Å². The van der Waals surface area contributed by atoms with Gasteiger partial charge in [-0.1, -0.05) is 29.8 Å². The number of imide groups is 1. The molecular formula is C13H15BrN2O2. The number of aromatic nitrogens is 1. The molecule has 96 valence electrons. The molecule has 0 radical (unpaired) electrons. The fourth-order valence-electron chi connectivity index (χ4n) is 2.04. The molecule has 0 aromatic carbocycles. The lowest BCUT2D eigenvalue weighted by Crippen LogP contribution is -2.37. The molecule has 2 heterocycles. The summed E-state index contributed by atoms with van der Waals surface area (Å²) in [4.78, 5) is 29.8. The lowest BCUT2D eigenvalue weighted by atomic mass is 9.78. The molecule has 2 amide bonds. The van der Waals surface area contributed by atoms with Gasteiger partial charge in [0.2, 0.25) is 11.8 Å². The molecular weight excluding hydrogens is 296 g/mol. The van der Waals surface area contributed by atoms with E-state index < -0.39 is 5.41 Å². The largest absolute Gasteiger partial charge is 0.274 e. The number of nitrogens with zero attached hydrogens (tertiary/aromatic N) is 2. The van der Waals surface area contributed by atoms with Crippen molar-refractivity contribution in [2.24, 2.45) is 11.3 Å². The highest BCUT2D eigenvalue weighted by Gasteiger charge is 2.50. The van der Waals surface area contributed by atoms with E-state index in [4.69, 9.17) is 0 Å². The highest BCUT2D eigenvalue weighted by molar-refractivity contribution is 9.10. The Morgan fingerprint density at radius 2 is 2.11 bits per heavy atom. The zero-order valence-corrected chi connectivity index (χ0v) is 12.2. The molecule has 0 saturated carbocycles. The topological polar surface area (TPSA) is 50.3 Å². The fraction of sp³-hybridized carbons (Fsp3) is 0.462. The van der Waals surface area contributed by atoms with E-state index >= 15 is 0 Å². The van der Waals surface area contributed by atoms with Gasteiger partial charge in [0, 0.05) is 17.1 Å². The van der Waals surface area contributed by atoms with Gasteiger partial charge in [0.15, 0.2) is 0 Å². The summed E-state index contributed by atoms with van der Waals surface area (Å²) < 4.78 is 0.797. The third-order valence-electron chi connectivity index (χ3n) is 3.67. The van der Waals surface area contributed by atoms with Crippen molar-refractivity contribution in [1.29, 1.82) is 0 Å². The van der Waals surface area contributed by atoms with Gasteiger partial charge in [0.1, 0.15) is 5.82 Å². The highest BCUT2D eigenvalue weighted by Crippen LogP contribution is 2.40. The fourth-order valence-corrected chi connectivity index (χ4v) is 2.36. The number of anilines is 1. The van der Waals surface area contributed by atoms with Crippen molar-refractivity contribution < 1.29 is 9.59 Å². The summed E-state index contributed by atoms with van der Waals surface area (Å²) in [6.45, 7) is 5.77. The number of rotatable bonds is 2. The Hall–Kier alpha value is -1.23. The first-order valence-corrected chi connectivity index (χ1v) is 6.64. The predicted octanol–water partition coefficient (Wildman–Crippen LogP) is 2.77. The van der Waals surface area contributed by atoms with Crippen LogP contribution in [0.1, 0.15) is 27.2 Å². The van der Waals surface area contributed by atoms with Crippen LogP contribution in [0.25, 0.3) is 0 Å². The molecule has 0 bridgehead atoms. The van der Waals surface area contributed by atoms with Crippen LogP contribution < -0.4 is 4.90 Å². The van der Waals surface area contributed by atoms with E-state index in [1.165, 1.54) is 4.90 Å². The van der Waals surface area contributed by atoms with Gasteiger partial charge in [0.05, 0.1) is 5.41 Å². The second-order valence-corrected chi connectivity index (χ2v) is 6.03. The minimum atomic E-state index is -0.624. The van der Waals surface area contributed by atoms with Crippen molar-refractivity contribution in [3.63, 3.8) is 0 Å². The van der Waals surface area contributed by atoms with E-state index in [0.29, 0.717) is 5.82 Å². The van der Waals surface area contributed by atoms with Gasteiger partial charge in [0.25, 0.3) is 0 Å². The summed E-state index contributed by atoms with van der Waals surface area (Å²) in [6, 6.07) is 3.44. The second-order valence-electron chi connectivity index (χ2n) is 5.12. The lowest BCUT2D eigenvalue weighted by molar-refractivity contribution is -0.126. The summed E-state index contributed by atoms with van der Waals surface area (Å²) in [5.74, 6) is 0.171. The van der Waals surface area contributed by atoms with Gasteiger partial charge in [-0.2, -0.15) is 0 Å². The smallest absolute Gasteiger partial charge is 0.241 e. The van der Waals surface area contributed by atoms with Crippen LogP contribution in [0.5, 0.6) is 0 Å². The summed E-state index contributed by atoms with van der Waals surface area (Å²) in [5, 5.41) is 0. The highest BCUT2D eigenvalue weighted by atomic mass is 79.9. The van der Waals surface area contributed by atoms with Crippen LogP contribution in [-0.4, -0.2) is 16.8 Å². The molecule has 1 aliphatic rings. The Bertz CT molecular complexity index is 515. The lowest BCUT2D eigenvalue weighted by Gasteiger charge is -2.25. The van der Waals surface area contributed by atoms with Gasteiger partial charge in [-0.25, -0.2) is 9.88 Å². The quantitative estimate of drug-likeness (QED) is 0.789. The van der Waals surface area contributed by atoms with Crippen LogP contribution in [0, 0.1) is 11.3 Å². The van der Waals surface area contributed by atoms with Gasteiger partial charge >= 0.3 is 0 Å². The molecule has 0 N–H and O–H groups in total. The number of amides is 2. The normalized spacial score (nSPS) is 24.2. The van der Waals surface area contributed by atoms with Crippen molar-refractivity contribution in [2.45, 2.75) is 27.2 Å². The molecule has 1 saturated heterocycles. The molecule has 5 heteroatoms. The van der Waals surface area contributed by atoms with E-state index in [-0.39, 0.29) is 24.2 Å². The number of hydrogen-bond donors (Lipinski definition) is 0. The van der Waals surface area contributed by atoms with Crippen LogP contribution in [0.3, 0.4) is 0 Å². The maximum absolute atomic E-state index is 12.4. The second kappa shape index (κ2) is 4.46. The van der Waals surface area contributed by atoms with Crippen molar-refractivity contribution in [3.05, 3.63) is 22.8 Å². The Morgan fingerprint density at radius 1 is 1.44 bits per heavy atom. The molecule has 1 aliphatic heterocycles. The Kier molecular flexibility index (Phi) is 3.27. The molecule has 1 fully saturated rings. The van der Waals surface area contributed by atoms with E-state index in [0.717, 1.165) is 4.47 Å². The molecule has 1 unspecified atom stereocenters.